The Morgan fingerprint density at radius 3 is 2.63 bits per heavy atom. The highest BCUT2D eigenvalue weighted by atomic mass is 79.9. The van der Waals surface area contributed by atoms with Crippen molar-refractivity contribution in [3.05, 3.63) is 28.5 Å². The number of nitrogens with zero attached hydrogens (tertiary/aromatic N) is 2. The topological polar surface area (TPSA) is 59.5 Å². The van der Waals surface area contributed by atoms with Crippen LogP contribution in [-0.4, -0.2) is 42.0 Å². The van der Waals surface area contributed by atoms with Gasteiger partial charge in [0.1, 0.15) is 10.3 Å². The Balaban J connectivity index is 1.98. The van der Waals surface area contributed by atoms with Crippen LogP contribution >= 0.6 is 15.9 Å². The summed E-state index contributed by atoms with van der Waals surface area (Å²) < 4.78 is 5.37. The number of methoxy groups -OCH3 is 1. The van der Waals surface area contributed by atoms with Crippen LogP contribution in [-0.2, 0) is 9.53 Å². The first kappa shape index (κ1) is 14.0. The van der Waals surface area contributed by atoms with Gasteiger partial charge in [-0.25, -0.2) is 4.98 Å². The Kier molecular flexibility index (Phi) is 4.52. The molecule has 1 fully saturated rings. The van der Waals surface area contributed by atoms with Crippen molar-refractivity contribution in [2.75, 3.05) is 20.2 Å². The molecule has 2 heterocycles. The molecule has 0 aliphatic carbocycles. The van der Waals surface area contributed by atoms with E-state index in [0.717, 1.165) is 0 Å². The molecule has 19 heavy (non-hydrogen) atoms. The van der Waals surface area contributed by atoms with Crippen molar-refractivity contribution >= 4 is 27.8 Å². The number of likely N-dealkylation sites (tertiary alicyclic amines) is 1. The summed E-state index contributed by atoms with van der Waals surface area (Å²) >= 11 is 3.25. The van der Waals surface area contributed by atoms with Crippen LogP contribution in [0, 0.1) is 5.92 Å². The molecule has 1 aromatic rings. The lowest BCUT2D eigenvalue weighted by molar-refractivity contribution is -0.146. The molecule has 102 valence electrons. The van der Waals surface area contributed by atoms with Crippen molar-refractivity contribution in [2.45, 2.75) is 12.8 Å². The van der Waals surface area contributed by atoms with E-state index in [0.29, 0.717) is 36.2 Å². The zero-order valence-electron chi connectivity index (χ0n) is 10.6. The summed E-state index contributed by atoms with van der Waals surface area (Å²) in [7, 11) is 1.39. The summed E-state index contributed by atoms with van der Waals surface area (Å²) in [5, 5.41) is 0. The van der Waals surface area contributed by atoms with Crippen LogP contribution in [0.4, 0.5) is 0 Å². The van der Waals surface area contributed by atoms with Gasteiger partial charge in [-0.15, -0.1) is 0 Å². The molecule has 0 bridgehead atoms. The Labute approximate surface area is 120 Å². The van der Waals surface area contributed by atoms with Gasteiger partial charge < -0.3 is 9.64 Å². The third-order valence-electron chi connectivity index (χ3n) is 3.25. The van der Waals surface area contributed by atoms with Crippen molar-refractivity contribution in [1.82, 2.24) is 9.88 Å². The van der Waals surface area contributed by atoms with Crippen LogP contribution in [0.2, 0.25) is 0 Å². The van der Waals surface area contributed by atoms with E-state index in [4.69, 9.17) is 4.74 Å². The van der Waals surface area contributed by atoms with E-state index < -0.39 is 0 Å². The fraction of sp³-hybridized carbons (Fsp3) is 0.462. The van der Waals surface area contributed by atoms with E-state index in [1.54, 1.807) is 23.1 Å². The average Bonchev–Trinajstić information content (AvgIpc) is 2.46. The summed E-state index contributed by atoms with van der Waals surface area (Å²) in [6.07, 6.45) is 1.29. The van der Waals surface area contributed by atoms with E-state index in [1.165, 1.54) is 7.11 Å². The molecular weight excluding hydrogens is 312 g/mol. The van der Waals surface area contributed by atoms with E-state index >= 15 is 0 Å². The van der Waals surface area contributed by atoms with Gasteiger partial charge in [-0.1, -0.05) is 6.07 Å². The van der Waals surface area contributed by atoms with Gasteiger partial charge in [0.2, 0.25) is 0 Å². The molecule has 1 aliphatic heterocycles. The molecule has 1 aliphatic rings. The maximum Gasteiger partial charge on any atom is 0.308 e. The van der Waals surface area contributed by atoms with Crippen LogP contribution in [0.15, 0.2) is 22.8 Å². The lowest BCUT2D eigenvalue weighted by Crippen LogP contribution is -2.40. The quantitative estimate of drug-likeness (QED) is 0.615. The number of hydrogen-bond acceptors (Lipinski definition) is 4. The third-order valence-corrected chi connectivity index (χ3v) is 3.69. The van der Waals surface area contributed by atoms with E-state index in [9.17, 15) is 9.59 Å². The maximum absolute atomic E-state index is 12.2. The summed E-state index contributed by atoms with van der Waals surface area (Å²) in [4.78, 5) is 29.5. The molecule has 0 N–H and O–H groups in total. The molecule has 0 radical (unpaired) electrons. The minimum atomic E-state index is -0.187. The molecular formula is C13H15BrN2O3. The Morgan fingerprint density at radius 2 is 2.05 bits per heavy atom. The highest BCUT2D eigenvalue weighted by Gasteiger charge is 2.28. The number of piperidine rings is 1. The molecule has 1 aromatic heterocycles. The third kappa shape index (κ3) is 3.32. The standard InChI is InChI=1S/C13H15BrN2O3/c1-19-13(18)9-5-7-16(8-6-9)12(17)10-3-2-4-11(14)15-10/h2-4,9H,5-8H2,1H3. The summed E-state index contributed by atoms with van der Waals surface area (Å²) in [6.45, 7) is 1.12. The molecule has 2 rings (SSSR count). The molecule has 0 unspecified atom stereocenters. The van der Waals surface area contributed by atoms with Gasteiger partial charge in [-0.2, -0.15) is 0 Å². The minimum absolute atomic E-state index is 0.0929. The number of rotatable bonds is 2. The number of pyridine rings is 1. The van der Waals surface area contributed by atoms with Gasteiger partial charge in [-0.05, 0) is 40.9 Å². The van der Waals surface area contributed by atoms with Crippen molar-refractivity contribution in [2.24, 2.45) is 5.92 Å². The molecule has 0 spiro atoms. The summed E-state index contributed by atoms with van der Waals surface area (Å²) in [5.74, 6) is -0.373. The predicted molar refractivity (Wildman–Crippen MR) is 72.6 cm³/mol. The molecule has 0 aromatic carbocycles. The number of aromatic nitrogens is 1. The fourth-order valence-electron chi connectivity index (χ4n) is 2.17. The predicted octanol–water partition coefficient (Wildman–Crippen LogP) is 1.87. The largest absolute Gasteiger partial charge is 0.469 e. The zero-order valence-corrected chi connectivity index (χ0v) is 12.2. The average molecular weight is 327 g/mol. The Bertz CT molecular complexity index is 485. The number of esters is 1. The number of hydrogen-bond donors (Lipinski definition) is 0. The number of carbonyl (C=O) groups excluding carboxylic acids is 2. The maximum atomic E-state index is 12.2. The number of amides is 1. The van der Waals surface area contributed by atoms with Crippen molar-refractivity contribution in [3.8, 4) is 0 Å². The number of ether oxygens (including phenoxy) is 1. The highest BCUT2D eigenvalue weighted by molar-refractivity contribution is 9.10. The molecule has 1 amide bonds. The van der Waals surface area contributed by atoms with Crippen molar-refractivity contribution in [1.29, 1.82) is 0 Å². The molecule has 5 nitrogen and oxygen atoms in total. The molecule has 0 saturated carbocycles. The Hall–Kier alpha value is -1.43. The van der Waals surface area contributed by atoms with E-state index in [1.807, 2.05) is 0 Å². The lowest BCUT2D eigenvalue weighted by atomic mass is 9.97. The second-order valence-corrected chi connectivity index (χ2v) is 5.25. The van der Waals surface area contributed by atoms with Crippen LogP contribution in [0.1, 0.15) is 23.3 Å². The van der Waals surface area contributed by atoms with Crippen LogP contribution < -0.4 is 0 Å². The van der Waals surface area contributed by atoms with Gasteiger partial charge >= 0.3 is 5.97 Å². The summed E-state index contributed by atoms with van der Waals surface area (Å²) in [5.41, 5.74) is 0.422. The Morgan fingerprint density at radius 1 is 1.37 bits per heavy atom. The van der Waals surface area contributed by atoms with Crippen LogP contribution in [0.25, 0.3) is 0 Å². The zero-order chi connectivity index (χ0) is 13.8. The van der Waals surface area contributed by atoms with E-state index in [-0.39, 0.29) is 17.8 Å². The van der Waals surface area contributed by atoms with Crippen molar-refractivity contribution in [3.63, 3.8) is 0 Å². The number of halogens is 1. The van der Waals surface area contributed by atoms with Gasteiger partial charge in [0.15, 0.2) is 0 Å². The van der Waals surface area contributed by atoms with E-state index in [2.05, 4.69) is 20.9 Å². The first-order chi connectivity index (χ1) is 9.11. The van der Waals surface area contributed by atoms with Crippen LogP contribution in [0.3, 0.4) is 0 Å². The molecule has 6 heteroatoms. The van der Waals surface area contributed by atoms with Gasteiger partial charge in [0.25, 0.3) is 5.91 Å². The summed E-state index contributed by atoms with van der Waals surface area (Å²) in [6, 6.07) is 5.26. The SMILES string of the molecule is COC(=O)C1CCN(C(=O)c2cccc(Br)n2)CC1. The second kappa shape index (κ2) is 6.14. The van der Waals surface area contributed by atoms with Gasteiger partial charge in [0.05, 0.1) is 13.0 Å². The fourth-order valence-corrected chi connectivity index (χ4v) is 2.52. The first-order valence-corrected chi connectivity index (χ1v) is 6.91. The first-order valence-electron chi connectivity index (χ1n) is 6.11. The number of carbonyl (C=O) groups is 2. The van der Waals surface area contributed by atoms with Crippen LogP contribution in [0.5, 0.6) is 0 Å². The molecule has 1 saturated heterocycles. The minimum Gasteiger partial charge on any atom is -0.469 e. The highest BCUT2D eigenvalue weighted by Crippen LogP contribution is 2.20. The second-order valence-electron chi connectivity index (χ2n) is 4.44. The lowest BCUT2D eigenvalue weighted by Gasteiger charge is -2.30. The monoisotopic (exact) mass is 326 g/mol. The molecule has 0 atom stereocenters. The smallest absolute Gasteiger partial charge is 0.308 e. The van der Waals surface area contributed by atoms with Crippen molar-refractivity contribution < 1.29 is 14.3 Å². The van der Waals surface area contributed by atoms with Gasteiger partial charge in [0, 0.05) is 13.1 Å². The normalized spacial score (nSPS) is 16.2. The van der Waals surface area contributed by atoms with Gasteiger partial charge in [-0.3, -0.25) is 9.59 Å².